The number of aliphatic imine (C=N–C) groups is 1. The van der Waals surface area contributed by atoms with Gasteiger partial charge in [0.2, 0.25) is 0 Å². The van der Waals surface area contributed by atoms with Gasteiger partial charge in [-0.3, -0.25) is 4.99 Å². The number of nitrogens with zero attached hydrogens (tertiary/aromatic N) is 2. The normalized spacial score (nSPS) is 19.1. The van der Waals surface area contributed by atoms with Crippen LogP contribution in [-0.4, -0.2) is 23.9 Å². The van der Waals surface area contributed by atoms with Gasteiger partial charge in [-0.15, -0.1) is 0 Å². The molecule has 2 unspecified atom stereocenters. The minimum atomic E-state index is -0.381. The second-order valence-corrected chi connectivity index (χ2v) is 10.6. The number of methoxy groups -OCH3 is 1. The lowest BCUT2D eigenvalue weighted by atomic mass is 10.0. The van der Waals surface area contributed by atoms with E-state index in [4.69, 9.17) is 37.2 Å². The molecule has 2 atom stereocenters. The van der Waals surface area contributed by atoms with Crippen LogP contribution in [0.5, 0.6) is 5.75 Å². The van der Waals surface area contributed by atoms with Crippen LogP contribution in [0.2, 0.25) is 10.0 Å². The number of allylic oxidation sites excluding steroid dienone is 1. The van der Waals surface area contributed by atoms with Gasteiger partial charge in [-0.1, -0.05) is 53.5 Å². The van der Waals surface area contributed by atoms with Gasteiger partial charge in [0.15, 0.2) is 0 Å². The summed E-state index contributed by atoms with van der Waals surface area (Å²) < 4.78 is 16.8. The minimum Gasteiger partial charge on any atom is -0.489 e. The van der Waals surface area contributed by atoms with E-state index in [0.717, 1.165) is 36.3 Å². The van der Waals surface area contributed by atoms with Gasteiger partial charge in [-0.2, -0.15) is 0 Å². The Bertz CT molecular complexity index is 1390. The zero-order valence-corrected chi connectivity index (χ0v) is 23.2. The Morgan fingerprint density at radius 1 is 1.21 bits per heavy atom. The van der Waals surface area contributed by atoms with E-state index in [9.17, 15) is 4.79 Å². The van der Waals surface area contributed by atoms with Crippen molar-refractivity contribution in [2.24, 2.45) is 10.9 Å². The molecule has 1 heterocycles. The number of hydrogen-bond donors (Lipinski definition) is 0. The van der Waals surface area contributed by atoms with E-state index < -0.39 is 0 Å². The number of carbonyl (C=O) groups excluding carboxylic acids is 1. The van der Waals surface area contributed by atoms with E-state index in [1.807, 2.05) is 19.1 Å². The Labute approximate surface area is 232 Å². The number of carbonyl (C=O) groups is 1. The molecule has 2 aliphatic rings. The molecular formula is C30H30Cl2N2O4. The maximum atomic E-state index is 11.7. The van der Waals surface area contributed by atoms with E-state index in [-0.39, 0.29) is 5.97 Å². The van der Waals surface area contributed by atoms with Crippen molar-refractivity contribution >= 4 is 34.9 Å². The first kappa shape index (κ1) is 26.5. The lowest BCUT2D eigenvalue weighted by molar-refractivity contribution is -0.132. The van der Waals surface area contributed by atoms with Crippen molar-refractivity contribution in [3.05, 3.63) is 81.2 Å². The van der Waals surface area contributed by atoms with E-state index in [1.54, 1.807) is 18.3 Å². The summed E-state index contributed by atoms with van der Waals surface area (Å²) in [6, 6.07) is 11.6. The summed E-state index contributed by atoms with van der Waals surface area (Å²) in [6.45, 7) is 4.31. The van der Waals surface area contributed by atoms with Crippen LogP contribution in [0.1, 0.15) is 66.9 Å². The van der Waals surface area contributed by atoms with Crippen LogP contribution in [0.15, 0.2) is 58.2 Å². The number of aromatic nitrogens is 1. The van der Waals surface area contributed by atoms with E-state index in [0.29, 0.717) is 57.8 Å². The Balaban J connectivity index is 1.28. The average molecular weight is 553 g/mol. The molecule has 198 valence electrons. The van der Waals surface area contributed by atoms with Crippen LogP contribution in [0, 0.1) is 12.8 Å². The lowest BCUT2D eigenvalue weighted by Gasteiger charge is -2.12. The Morgan fingerprint density at radius 2 is 1.97 bits per heavy atom. The lowest BCUT2D eigenvalue weighted by Crippen LogP contribution is -2.14. The summed E-state index contributed by atoms with van der Waals surface area (Å²) in [6.07, 6.45) is 7.55. The fourth-order valence-electron chi connectivity index (χ4n) is 4.79. The number of ether oxygens (including phenoxy) is 2. The van der Waals surface area contributed by atoms with Gasteiger partial charge >= 0.3 is 5.97 Å². The fraction of sp³-hybridized carbons (Fsp3) is 0.367. The molecule has 0 bridgehead atoms. The zero-order valence-electron chi connectivity index (χ0n) is 21.7. The van der Waals surface area contributed by atoms with Crippen LogP contribution < -0.4 is 4.74 Å². The Kier molecular flexibility index (Phi) is 7.91. The summed E-state index contributed by atoms with van der Waals surface area (Å²) in [5, 5.41) is 5.41. The van der Waals surface area contributed by atoms with E-state index >= 15 is 0 Å². The fourth-order valence-corrected chi connectivity index (χ4v) is 5.37. The molecule has 1 aromatic heterocycles. The molecule has 38 heavy (non-hydrogen) atoms. The summed E-state index contributed by atoms with van der Waals surface area (Å²) in [5.41, 5.74) is 5.12. The smallest absolute Gasteiger partial charge is 0.352 e. The molecule has 5 rings (SSSR count). The molecule has 2 saturated carbocycles. The first-order valence-corrected chi connectivity index (χ1v) is 13.6. The molecule has 6 nitrogen and oxygen atoms in total. The van der Waals surface area contributed by atoms with E-state index in [1.165, 1.54) is 18.2 Å². The molecule has 0 spiro atoms. The van der Waals surface area contributed by atoms with Gasteiger partial charge in [0.1, 0.15) is 29.5 Å². The quantitative estimate of drug-likeness (QED) is 0.188. The number of benzene rings is 2. The predicted octanol–water partition coefficient (Wildman–Crippen LogP) is 8.05. The van der Waals surface area contributed by atoms with Gasteiger partial charge in [-0.25, -0.2) is 4.79 Å². The summed E-state index contributed by atoms with van der Waals surface area (Å²) in [7, 11) is 1.37. The third-order valence-electron chi connectivity index (χ3n) is 7.15. The van der Waals surface area contributed by atoms with Crippen molar-refractivity contribution in [1.82, 2.24) is 5.16 Å². The summed E-state index contributed by atoms with van der Waals surface area (Å²) in [5.74, 6) is 2.47. The number of rotatable bonds is 10. The first-order chi connectivity index (χ1) is 18.4. The minimum absolute atomic E-state index is 0.317. The molecule has 2 aromatic carbocycles. The maximum absolute atomic E-state index is 11.7. The van der Waals surface area contributed by atoms with Crippen LogP contribution in [0.3, 0.4) is 0 Å². The van der Waals surface area contributed by atoms with Crippen LogP contribution in [-0.2, 0) is 16.1 Å². The molecule has 2 aliphatic carbocycles. The molecule has 0 radical (unpaired) electrons. The SMILES string of the molecule is CCC(=N/C=C/C1CC1c1ccc(OCc2c(-c3c(Cl)cccc3Cl)noc2C2CC2)cc1C)C(=O)OC. The Hall–Kier alpha value is -3.09. The van der Waals surface area contributed by atoms with Crippen molar-refractivity contribution in [3.8, 4) is 17.0 Å². The van der Waals surface area contributed by atoms with Crippen molar-refractivity contribution in [1.29, 1.82) is 0 Å². The maximum Gasteiger partial charge on any atom is 0.352 e. The largest absolute Gasteiger partial charge is 0.489 e. The van der Waals surface area contributed by atoms with Crippen LogP contribution in [0.25, 0.3) is 11.3 Å². The van der Waals surface area contributed by atoms with Gasteiger partial charge in [0.25, 0.3) is 0 Å². The summed E-state index contributed by atoms with van der Waals surface area (Å²) >= 11 is 13.0. The first-order valence-electron chi connectivity index (χ1n) is 12.9. The number of hydrogen-bond acceptors (Lipinski definition) is 6. The standard InChI is InChI=1S/C30H30Cl2N2O4/c1-4-26(30(35)36-3)33-13-12-19-15-22(19)21-11-10-20(14-17(21)2)37-16-23-28(34-38-29(23)18-8-9-18)27-24(31)6-5-7-25(27)32/h5-7,10-14,18-19,22H,4,8-9,15-16H2,1-3H3/b13-12+,33-26?. The van der Waals surface area contributed by atoms with Crippen molar-refractivity contribution in [3.63, 3.8) is 0 Å². The van der Waals surface area contributed by atoms with Gasteiger partial charge in [0, 0.05) is 17.7 Å². The second kappa shape index (κ2) is 11.3. The molecule has 0 aliphatic heterocycles. The highest BCUT2D eigenvalue weighted by molar-refractivity contribution is 6.39. The Morgan fingerprint density at radius 3 is 2.63 bits per heavy atom. The zero-order chi connectivity index (χ0) is 26.8. The van der Waals surface area contributed by atoms with E-state index in [2.05, 4.69) is 35.3 Å². The molecule has 2 fully saturated rings. The van der Waals surface area contributed by atoms with Gasteiger partial charge in [-0.05, 0) is 79.8 Å². The highest BCUT2D eigenvalue weighted by Crippen LogP contribution is 2.50. The summed E-state index contributed by atoms with van der Waals surface area (Å²) in [4.78, 5) is 16.0. The molecule has 0 saturated heterocycles. The van der Waals surface area contributed by atoms with Crippen molar-refractivity contribution < 1.29 is 18.8 Å². The number of esters is 1. The molecule has 8 heteroatoms. The number of aryl methyl sites for hydroxylation is 1. The third kappa shape index (κ3) is 5.67. The highest BCUT2D eigenvalue weighted by atomic mass is 35.5. The molecule has 0 N–H and O–H groups in total. The van der Waals surface area contributed by atoms with Gasteiger partial charge < -0.3 is 14.0 Å². The second-order valence-electron chi connectivity index (χ2n) is 9.82. The number of halogens is 2. The van der Waals surface area contributed by atoms with Crippen LogP contribution >= 0.6 is 23.2 Å². The topological polar surface area (TPSA) is 73.9 Å². The predicted molar refractivity (Wildman–Crippen MR) is 149 cm³/mol. The monoisotopic (exact) mass is 552 g/mol. The highest BCUT2D eigenvalue weighted by Gasteiger charge is 2.37. The third-order valence-corrected chi connectivity index (χ3v) is 7.78. The van der Waals surface area contributed by atoms with Gasteiger partial charge in [0.05, 0.1) is 22.7 Å². The van der Waals surface area contributed by atoms with Crippen molar-refractivity contribution in [2.45, 2.75) is 58.0 Å². The molecule has 0 amide bonds. The van der Waals surface area contributed by atoms with Crippen molar-refractivity contribution in [2.75, 3.05) is 7.11 Å². The molecular weight excluding hydrogens is 523 g/mol. The van der Waals surface area contributed by atoms with Crippen LogP contribution in [0.4, 0.5) is 0 Å². The molecule has 3 aromatic rings. The average Bonchev–Trinajstić information content (AvgIpc) is 3.84.